The Hall–Kier alpha value is -5.60. The van der Waals surface area contributed by atoms with Gasteiger partial charge >= 0.3 is 0 Å². The standard InChI is InChI=1S/C44H28F4N2O6S2/c45-27-11-19-20(12-28(27)46)36(52)25(35(19)51)17-33-49-41-39(57-33)23-16-32-24(15-31(23)55-43(41)7-3-1-4-8-43)40-42(44(56-32)9-5-2-6-10-44)50-34(58-40)18-26-37(53)21-13-29(47)30(48)14-22(21)38(26)54/h11-18H,1-10H2. The summed E-state index contributed by atoms with van der Waals surface area (Å²) in [7, 11) is 0. The maximum Gasteiger partial charge on any atom is 0.197 e. The fourth-order valence-corrected chi connectivity index (χ4v) is 11.7. The van der Waals surface area contributed by atoms with Crippen LogP contribution in [-0.2, 0) is 11.2 Å². The van der Waals surface area contributed by atoms with Gasteiger partial charge in [0.2, 0.25) is 0 Å². The van der Waals surface area contributed by atoms with Crippen LogP contribution in [0.25, 0.3) is 33.0 Å². The van der Waals surface area contributed by atoms with Gasteiger partial charge in [-0.1, -0.05) is 12.8 Å². The maximum absolute atomic E-state index is 14.1. The van der Waals surface area contributed by atoms with Crippen molar-refractivity contribution in [1.82, 2.24) is 9.97 Å². The highest BCUT2D eigenvalue weighted by Gasteiger charge is 2.49. The quantitative estimate of drug-likeness (QED) is 0.0983. The summed E-state index contributed by atoms with van der Waals surface area (Å²) in [6.07, 6.45) is 11.1. The van der Waals surface area contributed by atoms with Crippen molar-refractivity contribution in [2.24, 2.45) is 0 Å². The number of hydrogen-bond acceptors (Lipinski definition) is 10. The molecule has 14 heteroatoms. The molecule has 4 heterocycles. The molecule has 0 radical (unpaired) electrons. The van der Waals surface area contributed by atoms with Gasteiger partial charge in [0.05, 0.1) is 20.9 Å². The summed E-state index contributed by atoms with van der Waals surface area (Å²) in [5, 5.41) is 0.760. The number of fused-ring (bicyclic) bond motifs is 10. The zero-order valence-corrected chi connectivity index (χ0v) is 32.0. The molecule has 0 N–H and O–H groups in total. The highest BCUT2D eigenvalue weighted by Crippen LogP contribution is 2.59. The Bertz CT molecular complexity index is 2560. The minimum Gasteiger partial charge on any atom is -0.480 e. The van der Waals surface area contributed by atoms with Gasteiger partial charge < -0.3 is 9.47 Å². The number of carbonyl (C=O) groups excluding carboxylic acids is 4. The van der Waals surface area contributed by atoms with Gasteiger partial charge in [0.25, 0.3) is 0 Å². The van der Waals surface area contributed by atoms with E-state index >= 15 is 0 Å². The second-order valence-corrected chi connectivity index (χ2v) is 17.7. The highest BCUT2D eigenvalue weighted by molar-refractivity contribution is 7.16. The highest BCUT2D eigenvalue weighted by atomic mass is 32.1. The van der Waals surface area contributed by atoms with Gasteiger partial charge in [-0.25, -0.2) is 27.5 Å². The first kappa shape index (κ1) is 35.6. The summed E-state index contributed by atoms with van der Waals surface area (Å²) in [4.78, 5) is 64.8. The van der Waals surface area contributed by atoms with Gasteiger partial charge in [0.15, 0.2) is 57.6 Å². The second-order valence-electron chi connectivity index (χ2n) is 15.7. The van der Waals surface area contributed by atoms with E-state index in [1.165, 1.54) is 34.8 Å². The Balaban J connectivity index is 1.03. The van der Waals surface area contributed by atoms with E-state index < -0.39 is 57.6 Å². The van der Waals surface area contributed by atoms with Crippen molar-refractivity contribution >= 4 is 58.0 Å². The number of halogens is 4. The average molecular weight is 821 g/mol. The molecule has 3 aromatic carbocycles. The number of ether oxygens (including phenoxy) is 2. The van der Waals surface area contributed by atoms with Crippen molar-refractivity contribution in [2.75, 3.05) is 0 Å². The predicted octanol–water partition coefficient (Wildman–Crippen LogP) is 10.5. The van der Waals surface area contributed by atoms with Crippen molar-refractivity contribution < 1.29 is 46.2 Å². The van der Waals surface area contributed by atoms with Gasteiger partial charge in [-0.15, -0.1) is 22.7 Å². The number of benzene rings is 3. The van der Waals surface area contributed by atoms with Gasteiger partial charge in [-0.05, 0) is 99.9 Å². The maximum atomic E-state index is 14.1. The number of Topliss-reactive ketones (excluding diaryl/α,β-unsaturated/α-hetero) is 4. The van der Waals surface area contributed by atoms with E-state index in [9.17, 15) is 36.7 Å². The number of thiazole rings is 2. The largest absolute Gasteiger partial charge is 0.480 e. The molecule has 0 bridgehead atoms. The molecule has 8 nitrogen and oxygen atoms in total. The summed E-state index contributed by atoms with van der Waals surface area (Å²) in [5.41, 5.74) is 0.0975. The van der Waals surface area contributed by atoms with Crippen LogP contribution < -0.4 is 9.47 Å². The van der Waals surface area contributed by atoms with Crippen LogP contribution >= 0.6 is 22.7 Å². The number of carbonyl (C=O) groups is 4. The topological polar surface area (TPSA) is 113 Å². The molecule has 0 saturated heterocycles. The van der Waals surface area contributed by atoms with Gasteiger partial charge in [0, 0.05) is 33.4 Å². The van der Waals surface area contributed by atoms with Crippen LogP contribution in [0.4, 0.5) is 17.6 Å². The first-order valence-electron chi connectivity index (χ1n) is 19.1. The SMILES string of the molecule is O=C1C(=Cc2nc3c(s2)-c2cc4c(cc2OC32CCCCC2)-c2sc(C=C3C(=O)c5cc(F)c(F)cc5C3=O)nc2C2(CCCCC2)O4)C(=O)c2cc(F)c(F)cc21. The van der Waals surface area contributed by atoms with Crippen LogP contribution in [0.3, 0.4) is 0 Å². The lowest BCUT2D eigenvalue weighted by molar-refractivity contribution is 0.0163. The van der Waals surface area contributed by atoms with Crippen LogP contribution in [0.5, 0.6) is 11.5 Å². The van der Waals surface area contributed by atoms with Gasteiger partial charge in [-0.3, -0.25) is 19.2 Å². The van der Waals surface area contributed by atoms with Crippen molar-refractivity contribution in [3.8, 4) is 32.4 Å². The summed E-state index contributed by atoms with van der Waals surface area (Å²) < 4.78 is 70.3. The van der Waals surface area contributed by atoms with Crippen LogP contribution in [0.1, 0.15) is 127 Å². The van der Waals surface area contributed by atoms with Crippen molar-refractivity contribution in [3.05, 3.63) is 114 Å². The Labute approximate surface area is 335 Å². The van der Waals surface area contributed by atoms with E-state index in [2.05, 4.69) is 0 Å². The fourth-order valence-electron chi connectivity index (χ4n) is 9.45. The molecule has 4 aliphatic carbocycles. The summed E-state index contributed by atoms with van der Waals surface area (Å²) in [5.74, 6) is -6.44. The Morgan fingerprint density at radius 1 is 0.483 bits per heavy atom. The number of rotatable bonds is 2. The molecular formula is C44H28F4N2O6S2. The van der Waals surface area contributed by atoms with Crippen LogP contribution in [0, 0.1) is 23.3 Å². The molecule has 0 atom stereocenters. The third-order valence-corrected chi connectivity index (χ3v) is 14.3. The van der Waals surface area contributed by atoms with E-state index in [0.717, 1.165) is 83.7 Å². The van der Waals surface area contributed by atoms with Crippen LogP contribution in [-0.4, -0.2) is 33.1 Å². The van der Waals surface area contributed by atoms with Crippen LogP contribution in [0.2, 0.25) is 0 Å². The minimum atomic E-state index is -1.21. The number of nitrogens with zero attached hydrogens (tertiary/aromatic N) is 2. The molecule has 0 amide bonds. The second kappa shape index (κ2) is 12.5. The molecular weight excluding hydrogens is 793 g/mol. The molecule has 11 rings (SSSR count). The Kier molecular flexibility index (Phi) is 7.63. The summed E-state index contributed by atoms with van der Waals surface area (Å²) in [6.45, 7) is 0. The van der Waals surface area contributed by atoms with Gasteiger partial charge in [0.1, 0.15) is 32.9 Å². The molecule has 58 heavy (non-hydrogen) atoms. The van der Waals surface area contributed by atoms with E-state index in [-0.39, 0.29) is 33.4 Å². The van der Waals surface area contributed by atoms with Crippen LogP contribution in [0.15, 0.2) is 47.5 Å². The molecule has 2 saturated carbocycles. The van der Waals surface area contributed by atoms with E-state index in [0.29, 0.717) is 58.6 Å². The van der Waals surface area contributed by atoms with E-state index in [1.54, 1.807) is 0 Å². The minimum absolute atomic E-state index is 0.187. The Morgan fingerprint density at radius 2 is 0.810 bits per heavy atom. The van der Waals surface area contributed by atoms with E-state index in [1.807, 2.05) is 12.1 Å². The number of allylic oxidation sites excluding steroid dienone is 2. The molecule has 2 aliphatic heterocycles. The third kappa shape index (κ3) is 5.03. The molecule has 6 aliphatic rings. The monoisotopic (exact) mass is 820 g/mol. The van der Waals surface area contributed by atoms with Crippen molar-refractivity contribution in [2.45, 2.75) is 75.4 Å². The predicted molar refractivity (Wildman–Crippen MR) is 205 cm³/mol. The first-order chi connectivity index (χ1) is 27.9. The molecule has 5 aromatic rings. The average Bonchev–Trinajstić information content (AvgIpc) is 3.96. The smallest absolute Gasteiger partial charge is 0.197 e. The lowest BCUT2D eigenvalue weighted by atomic mass is 9.78. The first-order valence-corrected chi connectivity index (χ1v) is 20.8. The summed E-state index contributed by atoms with van der Waals surface area (Å²) >= 11 is 2.60. The molecule has 2 aromatic heterocycles. The number of aromatic nitrogens is 2. The van der Waals surface area contributed by atoms with E-state index in [4.69, 9.17) is 19.4 Å². The zero-order valence-electron chi connectivity index (χ0n) is 30.4. The fraction of sp³-hybridized carbons (Fsp3) is 0.273. The lowest BCUT2D eigenvalue weighted by Gasteiger charge is -2.43. The molecule has 0 unspecified atom stereocenters. The zero-order chi connectivity index (χ0) is 39.8. The van der Waals surface area contributed by atoms with Crippen molar-refractivity contribution in [3.63, 3.8) is 0 Å². The molecule has 290 valence electrons. The molecule has 2 spiro atoms. The Morgan fingerprint density at radius 3 is 1.14 bits per heavy atom. The molecule has 2 fully saturated rings. The summed E-state index contributed by atoms with van der Waals surface area (Å²) in [6, 6.07) is 6.90. The van der Waals surface area contributed by atoms with Gasteiger partial charge in [-0.2, -0.15) is 0 Å². The van der Waals surface area contributed by atoms with Crippen molar-refractivity contribution in [1.29, 1.82) is 0 Å². The number of hydrogen-bond donors (Lipinski definition) is 0. The lowest BCUT2D eigenvalue weighted by Crippen LogP contribution is -2.39. The third-order valence-electron chi connectivity index (χ3n) is 12.3. The normalized spacial score (nSPS) is 19.3. The number of ketones is 4.